The summed E-state index contributed by atoms with van der Waals surface area (Å²) in [5.74, 6) is -0.0701. The molecule has 1 amide bonds. The Morgan fingerprint density at radius 2 is 1.83 bits per heavy atom. The molecule has 1 aliphatic rings. The van der Waals surface area contributed by atoms with Gasteiger partial charge in [-0.3, -0.25) is 4.79 Å². The molecule has 2 aromatic rings. The van der Waals surface area contributed by atoms with Gasteiger partial charge in [-0.2, -0.15) is 5.10 Å². The van der Waals surface area contributed by atoms with Crippen LogP contribution in [0.3, 0.4) is 0 Å². The molecule has 30 heavy (non-hydrogen) atoms. The summed E-state index contributed by atoms with van der Waals surface area (Å²) < 4.78 is 10.7. The molecule has 0 aliphatic heterocycles. The van der Waals surface area contributed by atoms with Gasteiger partial charge in [-0.25, -0.2) is 10.2 Å². The maximum atomic E-state index is 12.4. The van der Waals surface area contributed by atoms with Crippen LogP contribution in [0.25, 0.3) is 0 Å². The van der Waals surface area contributed by atoms with Crippen molar-refractivity contribution in [2.75, 3.05) is 7.11 Å². The van der Waals surface area contributed by atoms with Crippen LogP contribution in [0.2, 0.25) is 10.0 Å². The molecule has 3 rings (SSSR count). The molecule has 0 spiro atoms. The highest BCUT2D eigenvalue weighted by atomic mass is 35.5. The van der Waals surface area contributed by atoms with Crippen molar-refractivity contribution in [3.63, 3.8) is 0 Å². The number of halogens is 2. The molecule has 8 heteroatoms. The number of benzene rings is 2. The molecular weight excluding hydrogens is 427 g/mol. The van der Waals surface area contributed by atoms with Crippen molar-refractivity contribution >= 4 is 41.3 Å². The van der Waals surface area contributed by atoms with E-state index in [1.54, 1.807) is 24.3 Å². The lowest BCUT2D eigenvalue weighted by molar-refractivity contribution is -0.125. The number of nitrogens with zero attached hydrogens (tertiary/aromatic N) is 1. The van der Waals surface area contributed by atoms with Gasteiger partial charge in [-0.1, -0.05) is 42.5 Å². The molecule has 1 N–H and O–H groups in total. The maximum Gasteiger partial charge on any atom is 0.345 e. The van der Waals surface area contributed by atoms with E-state index in [2.05, 4.69) is 10.5 Å². The molecule has 158 valence electrons. The van der Waals surface area contributed by atoms with E-state index in [0.717, 1.165) is 25.7 Å². The zero-order chi connectivity index (χ0) is 21.5. The van der Waals surface area contributed by atoms with E-state index in [4.69, 9.17) is 32.7 Å². The normalized spacial score (nSPS) is 14.5. The molecule has 1 aliphatic carbocycles. The first-order valence-corrected chi connectivity index (χ1v) is 10.4. The summed E-state index contributed by atoms with van der Waals surface area (Å²) in [6, 6.07) is 9.47. The van der Waals surface area contributed by atoms with Crippen molar-refractivity contribution in [2.45, 2.75) is 32.1 Å². The van der Waals surface area contributed by atoms with Gasteiger partial charge in [0.25, 0.3) is 0 Å². The summed E-state index contributed by atoms with van der Waals surface area (Å²) >= 11 is 11.9. The molecule has 0 bridgehead atoms. The van der Waals surface area contributed by atoms with Crippen molar-refractivity contribution in [2.24, 2.45) is 11.0 Å². The fourth-order valence-corrected chi connectivity index (χ4v) is 3.77. The van der Waals surface area contributed by atoms with Crippen molar-refractivity contribution < 1.29 is 19.1 Å². The minimum atomic E-state index is -0.629. The third-order valence-corrected chi connectivity index (χ3v) is 5.45. The number of esters is 1. The number of carbonyl (C=O) groups excluding carboxylic acids is 2. The van der Waals surface area contributed by atoms with Gasteiger partial charge in [0.15, 0.2) is 11.5 Å². The highest BCUT2D eigenvalue weighted by molar-refractivity contribution is 6.36. The summed E-state index contributed by atoms with van der Waals surface area (Å²) in [7, 11) is 1.47. The number of nitrogens with one attached hydrogen (secondary N) is 1. The van der Waals surface area contributed by atoms with Gasteiger partial charge >= 0.3 is 5.97 Å². The largest absolute Gasteiger partial charge is 0.493 e. The van der Waals surface area contributed by atoms with Gasteiger partial charge in [-0.05, 0) is 54.8 Å². The number of carbonyl (C=O) groups is 2. The minimum Gasteiger partial charge on any atom is -0.493 e. The van der Waals surface area contributed by atoms with E-state index in [1.807, 2.05) is 0 Å². The highest BCUT2D eigenvalue weighted by Gasteiger charge is 2.20. The van der Waals surface area contributed by atoms with Crippen molar-refractivity contribution in [3.05, 3.63) is 57.6 Å². The van der Waals surface area contributed by atoms with Crippen molar-refractivity contribution in [1.82, 2.24) is 5.43 Å². The van der Waals surface area contributed by atoms with Gasteiger partial charge in [-0.15, -0.1) is 0 Å². The summed E-state index contributed by atoms with van der Waals surface area (Å²) in [4.78, 5) is 24.6. The van der Waals surface area contributed by atoms with Gasteiger partial charge in [0.1, 0.15) is 0 Å². The second-order valence-corrected chi connectivity index (χ2v) is 7.84. The number of hydrazone groups is 1. The zero-order valence-electron chi connectivity index (χ0n) is 16.5. The van der Waals surface area contributed by atoms with Crippen LogP contribution in [0.5, 0.6) is 11.5 Å². The quantitative estimate of drug-likeness (QED) is 0.283. The fourth-order valence-electron chi connectivity index (χ4n) is 3.29. The van der Waals surface area contributed by atoms with E-state index in [1.165, 1.54) is 31.9 Å². The van der Waals surface area contributed by atoms with E-state index < -0.39 is 5.97 Å². The number of methoxy groups -OCH3 is 1. The third-order valence-electron chi connectivity index (χ3n) is 4.91. The Morgan fingerprint density at radius 1 is 1.07 bits per heavy atom. The topological polar surface area (TPSA) is 77.0 Å². The zero-order valence-corrected chi connectivity index (χ0v) is 18.0. The Labute approximate surface area is 185 Å². The average Bonchev–Trinajstić information content (AvgIpc) is 2.75. The second-order valence-electron chi connectivity index (χ2n) is 6.99. The Kier molecular flexibility index (Phi) is 7.71. The van der Waals surface area contributed by atoms with Crippen molar-refractivity contribution in [1.29, 1.82) is 0 Å². The summed E-state index contributed by atoms with van der Waals surface area (Å²) in [6.45, 7) is 0. The Balaban J connectivity index is 1.65. The molecule has 0 heterocycles. The number of ether oxygens (including phenoxy) is 2. The van der Waals surface area contributed by atoms with Crippen molar-refractivity contribution in [3.8, 4) is 11.5 Å². The van der Waals surface area contributed by atoms with Crippen LogP contribution >= 0.6 is 23.2 Å². The molecule has 1 saturated carbocycles. The van der Waals surface area contributed by atoms with Gasteiger partial charge < -0.3 is 9.47 Å². The Bertz CT molecular complexity index is 956. The molecule has 1 fully saturated rings. The molecule has 0 radical (unpaired) electrons. The fraction of sp³-hybridized carbons (Fsp3) is 0.318. The lowest BCUT2D eigenvalue weighted by atomic mass is 9.89. The highest BCUT2D eigenvalue weighted by Crippen LogP contribution is 2.30. The van der Waals surface area contributed by atoms with E-state index in [9.17, 15) is 9.59 Å². The standard InChI is InChI=1S/C22H22Cl2N2O4/c1-29-20-11-14(13-25-26-21(27)15-5-3-2-4-6-15)7-10-19(20)30-22(28)17-9-8-16(23)12-18(17)24/h7-13,15H,2-6H2,1H3,(H,26,27)/b25-13-. The molecule has 0 saturated heterocycles. The number of amides is 1. The molecule has 0 aromatic heterocycles. The number of hydrogen-bond acceptors (Lipinski definition) is 5. The Morgan fingerprint density at radius 3 is 2.53 bits per heavy atom. The van der Waals surface area contributed by atoms with Crippen LogP contribution in [-0.4, -0.2) is 25.2 Å². The predicted molar refractivity (Wildman–Crippen MR) is 117 cm³/mol. The molecule has 6 nitrogen and oxygen atoms in total. The SMILES string of the molecule is COc1cc(/C=N\NC(=O)C2CCCCC2)ccc1OC(=O)c1ccc(Cl)cc1Cl. The summed E-state index contributed by atoms with van der Waals surface area (Å²) in [5, 5.41) is 4.65. The first-order chi connectivity index (χ1) is 14.5. The lowest BCUT2D eigenvalue weighted by Gasteiger charge is -2.19. The van der Waals surface area contributed by atoms with Gasteiger partial charge in [0, 0.05) is 10.9 Å². The maximum absolute atomic E-state index is 12.4. The number of hydrogen-bond donors (Lipinski definition) is 1. The molecule has 0 atom stereocenters. The monoisotopic (exact) mass is 448 g/mol. The summed E-state index contributed by atoms with van der Waals surface area (Å²) in [5.41, 5.74) is 3.47. The van der Waals surface area contributed by atoms with Gasteiger partial charge in [0.05, 0.1) is 23.9 Å². The third kappa shape index (κ3) is 5.74. The molecular formula is C22H22Cl2N2O4. The van der Waals surface area contributed by atoms with Crippen LogP contribution in [-0.2, 0) is 4.79 Å². The first kappa shape index (κ1) is 22.1. The molecule has 2 aromatic carbocycles. The molecule has 0 unspecified atom stereocenters. The summed E-state index contributed by atoms with van der Waals surface area (Å²) in [6.07, 6.45) is 6.69. The smallest absolute Gasteiger partial charge is 0.345 e. The van der Waals surface area contributed by atoms with Crippen LogP contribution in [0, 0.1) is 5.92 Å². The Hall–Kier alpha value is -2.57. The average molecular weight is 449 g/mol. The van der Waals surface area contributed by atoms with Crippen LogP contribution in [0.4, 0.5) is 0 Å². The minimum absolute atomic E-state index is 0.0342. The van der Waals surface area contributed by atoms with E-state index in [-0.39, 0.29) is 28.2 Å². The second kappa shape index (κ2) is 10.5. The van der Waals surface area contributed by atoms with Crippen LogP contribution < -0.4 is 14.9 Å². The van der Waals surface area contributed by atoms with Crippen LogP contribution in [0.1, 0.15) is 48.0 Å². The van der Waals surface area contributed by atoms with Crippen LogP contribution in [0.15, 0.2) is 41.5 Å². The predicted octanol–water partition coefficient (Wildman–Crippen LogP) is 5.25. The van der Waals surface area contributed by atoms with Gasteiger partial charge in [0.2, 0.25) is 5.91 Å². The number of rotatable bonds is 6. The first-order valence-electron chi connectivity index (χ1n) is 9.66. The lowest BCUT2D eigenvalue weighted by Crippen LogP contribution is -2.28. The van der Waals surface area contributed by atoms with E-state index >= 15 is 0 Å². The van der Waals surface area contributed by atoms with E-state index in [0.29, 0.717) is 16.3 Å².